The molecule has 1 heteroatoms. The van der Waals surface area contributed by atoms with Crippen molar-refractivity contribution in [1.29, 1.82) is 0 Å². The first-order chi connectivity index (χ1) is 8.96. The third-order valence-corrected chi connectivity index (χ3v) is 3.61. The van der Waals surface area contributed by atoms with Crippen molar-refractivity contribution in [2.24, 2.45) is 5.41 Å². The van der Waals surface area contributed by atoms with Crippen LogP contribution in [0.2, 0.25) is 0 Å². The zero-order valence-corrected chi connectivity index (χ0v) is 13.4. The summed E-state index contributed by atoms with van der Waals surface area (Å²) in [5.41, 5.74) is 3.28. The zero-order chi connectivity index (χ0) is 14.3. The minimum atomic E-state index is 0.412. The maximum Gasteiger partial charge on any atom is 0.0320 e. The van der Waals surface area contributed by atoms with Gasteiger partial charge < -0.3 is 5.32 Å². The quantitative estimate of drug-likeness (QED) is 0.718. The maximum atomic E-state index is 3.70. The van der Waals surface area contributed by atoms with E-state index in [-0.39, 0.29) is 0 Å². The fourth-order valence-corrected chi connectivity index (χ4v) is 2.27. The van der Waals surface area contributed by atoms with Gasteiger partial charge in [-0.2, -0.15) is 0 Å². The summed E-state index contributed by atoms with van der Waals surface area (Å²) >= 11 is 0. The molecule has 108 valence electrons. The Morgan fingerprint density at radius 3 is 2.16 bits per heavy atom. The van der Waals surface area contributed by atoms with E-state index in [9.17, 15) is 0 Å². The predicted octanol–water partition coefficient (Wildman–Crippen LogP) is 5.12. The molecule has 1 rings (SSSR count). The average Bonchev–Trinajstić information content (AvgIpc) is 2.38. The van der Waals surface area contributed by atoms with Crippen LogP contribution in [0.15, 0.2) is 24.3 Å². The highest BCUT2D eigenvalue weighted by Crippen LogP contribution is 2.27. The third kappa shape index (κ3) is 6.24. The molecule has 0 saturated heterocycles. The van der Waals surface area contributed by atoms with Gasteiger partial charge in [0.05, 0.1) is 0 Å². The Hall–Kier alpha value is -0.820. The molecule has 0 amide bonds. The van der Waals surface area contributed by atoms with Crippen molar-refractivity contribution >= 4 is 0 Å². The molecule has 0 radical (unpaired) electrons. The summed E-state index contributed by atoms with van der Waals surface area (Å²) in [6.07, 6.45) is 4.78. The van der Waals surface area contributed by atoms with Gasteiger partial charge in [0.15, 0.2) is 0 Å². The molecular formula is C18H31N. The van der Waals surface area contributed by atoms with Crippen molar-refractivity contribution < 1.29 is 0 Å². The summed E-state index contributed by atoms with van der Waals surface area (Å²) in [5, 5.41) is 3.70. The second-order valence-corrected chi connectivity index (χ2v) is 6.70. The van der Waals surface area contributed by atoms with Gasteiger partial charge in [0, 0.05) is 6.04 Å². The molecule has 1 N–H and O–H groups in total. The topological polar surface area (TPSA) is 12.0 Å². The van der Waals surface area contributed by atoms with E-state index < -0.39 is 0 Å². The molecule has 1 nitrogen and oxygen atoms in total. The van der Waals surface area contributed by atoms with Crippen LogP contribution in [0.1, 0.15) is 71.0 Å². The Labute approximate surface area is 119 Å². The lowest BCUT2D eigenvalue weighted by molar-refractivity contribution is 0.332. The summed E-state index contributed by atoms with van der Waals surface area (Å²) < 4.78 is 0. The molecule has 0 fully saturated rings. The molecular weight excluding hydrogens is 230 g/mol. The predicted molar refractivity (Wildman–Crippen MR) is 85.5 cm³/mol. The number of benzene rings is 1. The standard InChI is InChI=1S/C18H31N/c1-6-14-19-17(12-13-18(3,4)5)16-10-8-15(7-2)9-11-16/h8-11,17,19H,6-7,12-14H2,1-5H3. The number of hydrogen-bond donors (Lipinski definition) is 1. The first-order valence-corrected chi connectivity index (χ1v) is 7.78. The molecule has 0 spiro atoms. The molecule has 1 aromatic rings. The molecule has 0 saturated carbocycles. The Kier molecular flexibility index (Phi) is 6.57. The molecule has 19 heavy (non-hydrogen) atoms. The van der Waals surface area contributed by atoms with E-state index >= 15 is 0 Å². The summed E-state index contributed by atoms with van der Waals surface area (Å²) in [6, 6.07) is 9.65. The lowest BCUT2D eigenvalue weighted by Gasteiger charge is -2.24. The van der Waals surface area contributed by atoms with Crippen LogP contribution in [0.25, 0.3) is 0 Å². The zero-order valence-electron chi connectivity index (χ0n) is 13.4. The second-order valence-electron chi connectivity index (χ2n) is 6.70. The maximum absolute atomic E-state index is 3.70. The van der Waals surface area contributed by atoms with Crippen molar-refractivity contribution in [3.05, 3.63) is 35.4 Å². The third-order valence-electron chi connectivity index (χ3n) is 3.61. The van der Waals surface area contributed by atoms with Crippen LogP contribution in [0, 0.1) is 5.41 Å². The van der Waals surface area contributed by atoms with Gasteiger partial charge in [-0.1, -0.05) is 58.9 Å². The smallest absolute Gasteiger partial charge is 0.0320 e. The number of nitrogens with one attached hydrogen (secondary N) is 1. The fraction of sp³-hybridized carbons (Fsp3) is 0.667. The van der Waals surface area contributed by atoms with Crippen LogP contribution < -0.4 is 5.32 Å². The molecule has 0 aliphatic rings. The van der Waals surface area contributed by atoms with E-state index in [1.54, 1.807) is 0 Å². The van der Waals surface area contributed by atoms with Crippen LogP contribution in [-0.4, -0.2) is 6.54 Å². The van der Waals surface area contributed by atoms with Crippen molar-refractivity contribution in [2.45, 2.75) is 66.3 Å². The molecule has 1 unspecified atom stereocenters. The normalized spacial score (nSPS) is 13.5. The van der Waals surface area contributed by atoms with E-state index in [0.717, 1.165) is 13.0 Å². The van der Waals surface area contributed by atoms with Crippen LogP contribution in [-0.2, 0) is 6.42 Å². The first-order valence-electron chi connectivity index (χ1n) is 7.78. The fourth-order valence-electron chi connectivity index (χ4n) is 2.27. The second kappa shape index (κ2) is 7.69. The van der Waals surface area contributed by atoms with Gasteiger partial charge in [-0.3, -0.25) is 0 Å². The molecule has 0 heterocycles. The number of rotatable bonds is 7. The lowest BCUT2D eigenvalue weighted by atomic mass is 9.87. The van der Waals surface area contributed by atoms with Crippen LogP contribution in [0.5, 0.6) is 0 Å². The van der Waals surface area contributed by atoms with Gasteiger partial charge in [0.1, 0.15) is 0 Å². The van der Waals surface area contributed by atoms with E-state index in [2.05, 4.69) is 64.2 Å². The highest BCUT2D eigenvalue weighted by molar-refractivity contribution is 5.25. The molecule has 1 aromatic carbocycles. The average molecular weight is 261 g/mol. The van der Waals surface area contributed by atoms with Crippen molar-refractivity contribution in [3.63, 3.8) is 0 Å². The van der Waals surface area contributed by atoms with Gasteiger partial charge in [-0.25, -0.2) is 0 Å². The Morgan fingerprint density at radius 1 is 1.05 bits per heavy atom. The van der Waals surface area contributed by atoms with E-state index in [0.29, 0.717) is 11.5 Å². The molecule has 0 aliphatic heterocycles. The van der Waals surface area contributed by atoms with Gasteiger partial charge in [-0.15, -0.1) is 0 Å². The summed E-state index contributed by atoms with van der Waals surface area (Å²) in [6.45, 7) is 12.5. The SMILES string of the molecule is CCCNC(CCC(C)(C)C)c1ccc(CC)cc1. The molecule has 1 atom stereocenters. The molecule has 0 aromatic heterocycles. The van der Waals surface area contributed by atoms with Crippen LogP contribution >= 0.6 is 0 Å². The van der Waals surface area contributed by atoms with Crippen LogP contribution in [0.4, 0.5) is 0 Å². The van der Waals surface area contributed by atoms with Gasteiger partial charge >= 0.3 is 0 Å². The van der Waals surface area contributed by atoms with Gasteiger partial charge in [0.2, 0.25) is 0 Å². The van der Waals surface area contributed by atoms with Gasteiger partial charge in [0.25, 0.3) is 0 Å². The summed E-state index contributed by atoms with van der Waals surface area (Å²) in [5.74, 6) is 0. The largest absolute Gasteiger partial charge is 0.310 e. The highest BCUT2D eigenvalue weighted by Gasteiger charge is 2.16. The molecule has 0 aliphatic carbocycles. The van der Waals surface area contributed by atoms with Crippen molar-refractivity contribution in [1.82, 2.24) is 5.32 Å². The van der Waals surface area contributed by atoms with Crippen LogP contribution in [0.3, 0.4) is 0 Å². The first kappa shape index (κ1) is 16.2. The van der Waals surface area contributed by atoms with Crippen molar-refractivity contribution in [2.75, 3.05) is 6.54 Å². The minimum Gasteiger partial charge on any atom is -0.310 e. The van der Waals surface area contributed by atoms with E-state index in [1.807, 2.05) is 0 Å². The number of aryl methyl sites for hydroxylation is 1. The number of hydrogen-bond acceptors (Lipinski definition) is 1. The Balaban J connectivity index is 2.70. The van der Waals surface area contributed by atoms with E-state index in [1.165, 1.54) is 30.4 Å². The minimum absolute atomic E-state index is 0.412. The monoisotopic (exact) mass is 261 g/mol. The van der Waals surface area contributed by atoms with Crippen molar-refractivity contribution in [3.8, 4) is 0 Å². The lowest BCUT2D eigenvalue weighted by Crippen LogP contribution is -2.23. The van der Waals surface area contributed by atoms with E-state index in [4.69, 9.17) is 0 Å². The highest BCUT2D eigenvalue weighted by atomic mass is 14.9. The summed E-state index contributed by atoms with van der Waals surface area (Å²) in [4.78, 5) is 0. The van der Waals surface area contributed by atoms with Gasteiger partial charge in [-0.05, 0) is 48.8 Å². The molecule has 0 bridgehead atoms. The summed E-state index contributed by atoms with van der Waals surface area (Å²) in [7, 11) is 0. The Bertz CT molecular complexity index is 345. The Morgan fingerprint density at radius 2 is 1.68 bits per heavy atom.